The zero-order valence-electron chi connectivity index (χ0n) is 19.4. The summed E-state index contributed by atoms with van der Waals surface area (Å²) in [5, 5.41) is 14.4. The van der Waals surface area contributed by atoms with Crippen molar-refractivity contribution in [2.24, 2.45) is 0 Å². The molecule has 5 rings (SSSR count). The van der Waals surface area contributed by atoms with E-state index in [1.54, 1.807) is 4.57 Å². The van der Waals surface area contributed by atoms with Crippen molar-refractivity contribution in [3.8, 4) is 22.5 Å². The van der Waals surface area contributed by atoms with Crippen molar-refractivity contribution in [2.45, 2.75) is 64.5 Å². The topological polar surface area (TPSA) is 81.4 Å². The number of nitrogens with zero attached hydrogens (tertiary/aromatic N) is 5. The van der Waals surface area contributed by atoms with E-state index >= 15 is 4.39 Å². The van der Waals surface area contributed by atoms with Gasteiger partial charge in [-0.25, -0.2) is 4.79 Å². The van der Waals surface area contributed by atoms with Crippen LogP contribution in [0.25, 0.3) is 22.5 Å². The van der Waals surface area contributed by atoms with Crippen molar-refractivity contribution in [2.75, 3.05) is 0 Å². The van der Waals surface area contributed by atoms with Gasteiger partial charge in [-0.2, -0.15) is 9.60 Å². The molecule has 4 aromatic rings. The van der Waals surface area contributed by atoms with Crippen molar-refractivity contribution < 1.29 is 4.39 Å². The van der Waals surface area contributed by atoms with E-state index in [4.69, 9.17) is 0 Å². The minimum Gasteiger partial charge on any atom is -0.289 e. The van der Waals surface area contributed by atoms with E-state index in [0.717, 1.165) is 60.8 Å². The van der Waals surface area contributed by atoms with Crippen LogP contribution in [0, 0.1) is 5.95 Å². The van der Waals surface area contributed by atoms with Crippen LogP contribution in [-0.4, -0.2) is 29.8 Å². The van der Waals surface area contributed by atoms with Gasteiger partial charge in [-0.3, -0.25) is 9.13 Å². The second-order valence-corrected chi connectivity index (χ2v) is 9.00. The highest BCUT2D eigenvalue weighted by Gasteiger charge is 2.26. The lowest BCUT2D eigenvalue weighted by Crippen LogP contribution is -2.30. The number of imidazole rings is 1. The Labute approximate surface area is 197 Å². The fraction of sp³-hybridized carbons (Fsp3) is 0.385. The maximum Gasteiger partial charge on any atom is 0.331 e. The molecule has 0 saturated heterocycles. The molecule has 1 N–H and O–H groups in total. The molecule has 0 bridgehead atoms. The van der Waals surface area contributed by atoms with E-state index in [2.05, 4.69) is 20.6 Å². The molecule has 2 aromatic carbocycles. The van der Waals surface area contributed by atoms with Gasteiger partial charge in [0.2, 0.25) is 11.8 Å². The first-order valence-corrected chi connectivity index (χ1v) is 12.1. The summed E-state index contributed by atoms with van der Waals surface area (Å²) in [5.41, 5.74) is 4.15. The lowest BCUT2D eigenvalue weighted by Gasteiger charge is -2.22. The van der Waals surface area contributed by atoms with E-state index in [-0.39, 0.29) is 17.7 Å². The van der Waals surface area contributed by atoms with Crippen LogP contribution in [0.3, 0.4) is 0 Å². The zero-order valence-corrected chi connectivity index (χ0v) is 19.4. The van der Waals surface area contributed by atoms with Gasteiger partial charge in [0.1, 0.15) is 0 Å². The summed E-state index contributed by atoms with van der Waals surface area (Å²) in [4.78, 5) is 13.3. The molecule has 1 saturated carbocycles. The number of H-pyrrole nitrogens is 1. The Morgan fingerprint density at radius 1 is 1.03 bits per heavy atom. The van der Waals surface area contributed by atoms with Gasteiger partial charge in [0, 0.05) is 11.6 Å². The number of aromatic nitrogens is 6. The largest absolute Gasteiger partial charge is 0.331 e. The molecule has 34 heavy (non-hydrogen) atoms. The predicted octanol–water partition coefficient (Wildman–Crippen LogP) is 5.14. The fourth-order valence-corrected chi connectivity index (χ4v) is 5.05. The number of hydrogen-bond acceptors (Lipinski definition) is 4. The van der Waals surface area contributed by atoms with Crippen molar-refractivity contribution in [1.29, 1.82) is 0 Å². The molecule has 1 aliphatic carbocycles. The van der Waals surface area contributed by atoms with Crippen LogP contribution in [0.15, 0.2) is 53.3 Å². The van der Waals surface area contributed by atoms with Gasteiger partial charge in [-0.05, 0) is 41.2 Å². The Bertz CT molecular complexity index is 1300. The summed E-state index contributed by atoms with van der Waals surface area (Å²) in [6.07, 6.45) is 6.36. The second-order valence-electron chi connectivity index (χ2n) is 9.00. The average Bonchev–Trinajstić information content (AvgIpc) is 3.49. The Morgan fingerprint density at radius 2 is 1.76 bits per heavy atom. The Balaban J connectivity index is 1.46. The monoisotopic (exact) mass is 460 g/mol. The average molecular weight is 461 g/mol. The molecule has 0 atom stereocenters. The highest BCUT2D eigenvalue weighted by atomic mass is 19.1. The Morgan fingerprint density at radius 3 is 2.44 bits per heavy atom. The minimum atomic E-state index is -0.343. The van der Waals surface area contributed by atoms with Crippen LogP contribution in [-0.2, 0) is 13.0 Å². The third-order valence-corrected chi connectivity index (χ3v) is 6.76. The molecule has 176 valence electrons. The molecule has 0 radical (unpaired) electrons. The molecule has 0 aliphatic heterocycles. The first-order chi connectivity index (χ1) is 16.7. The maximum absolute atomic E-state index is 15.4. The van der Waals surface area contributed by atoms with Crippen LogP contribution in [0.4, 0.5) is 4.39 Å². The fourth-order valence-electron chi connectivity index (χ4n) is 5.05. The van der Waals surface area contributed by atoms with Gasteiger partial charge in [0.25, 0.3) is 0 Å². The van der Waals surface area contributed by atoms with Crippen molar-refractivity contribution >= 4 is 0 Å². The van der Waals surface area contributed by atoms with Crippen LogP contribution in [0.1, 0.15) is 62.7 Å². The molecule has 8 heteroatoms. The number of halogens is 1. The van der Waals surface area contributed by atoms with E-state index in [1.807, 2.05) is 55.5 Å². The van der Waals surface area contributed by atoms with Crippen molar-refractivity contribution in [1.82, 2.24) is 29.8 Å². The van der Waals surface area contributed by atoms with Crippen LogP contribution in [0.5, 0.6) is 0 Å². The van der Waals surface area contributed by atoms with Gasteiger partial charge in [-0.1, -0.05) is 81.1 Å². The number of hydrogen-bond donors (Lipinski definition) is 1. The van der Waals surface area contributed by atoms with Crippen LogP contribution in [0.2, 0.25) is 0 Å². The summed E-state index contributed by atoms with van der Waals surface area (Å²) in [7, 11) is 0. The van der Waals surface area contributed by atoms with E-state index in [0.29, 0.717) is 24.5 Å². The van der Waals surface area contributed by atoms with Gasteiger partial charge in [0.15, 0.2) is 0 Å². The first kappa shape index (κ1) is 22.3. The van der Waals surface area contributed by atoms with Gasteiger partial charge in [-0.15, -0.1) is 10.2 Å². The molecule has 2 heterocycles. The summed E-state index contributed by atoms with van der Waals surface area (Å²) < 4.78 is 18.5. The summed E-state index contributed by atoms with van der Waals surface area (Å²) in [6, 6.07) is 15.9. The standard InChI is InChI=1S/C26H29FN6O/c1-2-8-23-24(27)33(20-9-4-3-5-10-20)26(34)32(23)17-18-13-15-19(16-14-18)21-11-6-7-12-22(21)25-28-30-31-29-25/h6-7,11-16,20H,2-5,8-10,17H2,1H3,(H,28,29,30,31). The molecule has 0 unspecified atom stereocenters. The summed E-state index contributed by atoms with van der Waals surface area (Å²) in [5.74, 6) is 0.194. The third-order valence-electron chi connectivity index (χ3n) is 6.76. The molecule has 7 nitrogen and oxygen atoms in total. The van der Waals surface area contributed by atoms with Gasteiger partial charge >= 0.3 is 5.69 Å². The number of aromatic amines is 1. The van der Waals surface area contributed by atoms with Crippen LogP contribution < -0.4 is 5.69 Å². The predicted molar refractivity (Wildman–Crippen MR) is 129 cm³/mol. The molecular formula is C26H29FN6O. The summed E-state index contributed by atoms with van der Waals surface area (Å²) in [6.45, 7) is 2.37. The van der Waals surface area contributed by atoms with Gasteiger partial charge in [0.05, 0.1) is 12.2 Å². The van der Waals surface area contributed by atoms with Crippen molar-refractivity contribution in [3.05, 3.63) is 76.2 Å². The number of benzene rings is 2. The highest BCUT2D eigenvalue weighted by molar-refractivity contribution is 5.80. The Kier molecular flexibility index (Phi) is 6.38. The van der Waals surface area contributed by atoms with Crippen molar-refractivity contribution in [3.63, 3.8) is 0 Å². The minimum absolute atomic E-state index is 0.0258. The number of tetrazole rings is 1. The summed E-state index contributed by atoms with van der Waals surface area (Å²) >= 11 is 0. The van der Waals surface area contributed by atoms with Gasteiger partial charge < -0.3 is 0 Å². The molecule has 2 aromatic heterocycles. The Hall–Kier alpha value is -3.55. The number of rotatable bonds is 7. The zero-order chi connectivity index (χ0) is 23.5. The quantitative estimate of drug-likeness (QED) is 0.414. The molecule has 0 spiro atoms. The smallest absolute Gasteiger partial charge is 0.289 e. The third kappa shape index (κ3) is 4.20. The van der Waals surface area contributed by atoms with E-state index in [9.17, 15) is 4.79 Å². The molecular weight excluding hydrogens is 431 g/mol. The lowest BCUT2D eigenvalue weighted by atomic mass is 9.95. The second kappa shape index (κ2) is 9.75. The van der Waals surface area contributed by atoms with E-state index in [1.165, 1.54) is 4.57 Å². The molecule has 1 aliphatic rings. The highest BCUT2D eigenvalue weighted by Crippen LogP contribution is 2.31. The van der Waals surface area contributed by atoms with E-state index < -0.39 is 0 Å². The molecule has 1 fully saturated rings. The maximum atomic E-state index is 15.4. The first-order valence-electron chi connectivity index (χ1n) is 12.1. The number of nitrogens with one attached hydrogen (secondary N) is 1. The van der Waals surface area contributed by atoms with Crippen LogP contribution >= 0.6 is 0 Å². The lowest BCUT2D eigenvalue weighted by molar-refractivity contribution is 0.310. The SMILES string of the molecule is CCCc1c(F)n(C2CCCCC2)c(=O)n1Cc1ccc(-c2ccccc2-c2nn[nH]n2)cc1. The molecule has 0 amide bonds. The normalized spacial score (nSPS) is 14.5.